The Hall–Kier alpha value is -0.820. The fourth-order valence-corrected chi connectivity index (χ4v) is 3.22. The molecule has 0 aromatic heterocycles. The number of aryl methyl sites for hydroxylation is 3. The van der Waals surface area contributed by atoms with Gasteiger partial charge in [0.1, 0.15) is 0 Å². The molecule has 0 spiro atoms. The molecule has 0 radical (unpaired) electrons. The number of hydrogen-bond donors (Lipinski definition) is 0. The van der Waals surface area contributed by atoms with Gasteiger partial charge in [0, 0.05) is 11.6 Å². The lowest BCUT2D eigenvalue weighted by atomic mass is 9.76. The van der Waals surface area contributed by atoms with Crippen molar-refractivity contribution in [1.29, 1.82) is 0 Å². The standard InChI is InChI=1S/C19H33N/c1-13-11-14(2)16(15(3)12-13)17(18(4,5)6)20(10)19(7,8)9/h11-12,17H,1-10H3. The number of nitrogens with zero attached hydrogens (tertiary/aromatic N) is 1. The Morgan fingerprint density at radius 2 is 1.25 bits per heavy atom. The Balaban J connectivity index is 3.49. The van der Waals surface area contributed by atoms with Gasteiger partial charge in [-0.3, -0.25) is 4.90 Å². The Labute approximate surface area is 126 Å². The van der Waals surface area contributed by atoms with Crippen molar-refractivity contribution in [2.75, 3.05) is 7.05 Å². The Morgan fingerprint density at radius 3 is 1.55 bits per heavy atom. The summed E-state index contributed by atoms with van der Waals surface area (Å²) in [5.41, 5.74) is 6.04. The summed E-state index contributed by atoms with van der Waals surface area (Å²) < 4.78 is 0. The molecule has 1 rings (SSSR count). The van der Waals surface area contributed by atoms with Gasteiger partial charge in [-0.25, -0.2) is 0 Å². The van der Waals surface area contributed by atoms with Gasteiger partial charge in [0.15, 0.2) is 0 Å². The van der Waals surface area contributed by atoms with Crippen molar-refractivity contribution < 1.29 is 0 Å². The van der Waals surface area contributed by atoms with E-state index < -0.39 is 0 Å². The number of rotatable bonds is 2. The van der Waals surface area contributed by atoms with E-state index in [1.54, 1.807) is 0 Å². The lowest BCUT2D eigenvalue weighted by Gasteiger charge is -2.46. The molecule has 1 aromatic carbocycles. The van der Waals surface area contributed by atoms with E-state index >= 15 is 0 Å². The molecule has 0 aliphatic rings. The molecular weight excluding hydrogens is 242 g/mol. The van der Waals surface area contributed by atoms with Crippen LogP contribution in [-0.4, -0.2) is 17.5 Å². The summed E-state index contributed by atoms with van der Waals surface area (Å²) in [6, 6.07) is 5.05. The Kier molecular flexibility index (Phi) is 4.76. The molecular formula is C19H33N. The van der Waals surface area contributed by atoms with Crippen LogP contribution in [0.2, 0.25) is 0 Å². The SMILES string of the molecule is Cc1cc(C)c(C(N(C)C(C)(C)C)C(C)(C)C)c(C)c1. The Bertz CT molecular complexity index is 449. The van der Waals surface area contributed by atoms with Crippen LogP contribution in [0, 0.1) is 26.2 Å². The van der Waals surface area contributed by atoms with Crippen LogP contribution in [0.25, 0.3) is 0 Å². The van der Waals surface area contributed by atoms with E-state index in [1.807, 2.05) is 0 Å². The highest BCUT2D eigenvalue weighted by Crippen LogP contribution is 2.43. The maximum absolute atomic E-state index is 2.53. The third kappa shape index (κ3) is 3.63. The zero-order valence-electron chi connectivity index (χ0n) is 15.2. The molecule has 1 aromatic rings. The van der Waals surface area contributed by atoms with Gasteiger partial charge in [0.2, 0.25) is 0 Å². The summed E-state index contributed by atoms with van der Waals surface area (Å²) in [6.07, 6.45) is 0. The highest BCUT2D eigenvalue weighted by molar-refractivity contribution is 5.40. The van der Waals surface area contributed by atoms with Crippen LogP contribution in [0.15, 0.2) is 12.1 Å². The van der Waals surface area contributed by atoms with Gasteiger partial charge in [0.25, 0.3) is 0 Å². The molecule has 20 heavy (non-hydrogen) atoms. The largest absolute Gasteiger partial charge is 0.294 e. The van der Waals surface area contributed by atoms with Gasteiger partial charge in [-0.15, -0.1) is 0 Å². The molecule has 0 amide bonds. The first-order chi connectivity index (χ1) is 8.85. The first kappa shape index (κ1) is 17.2. The molecule has 0 aliphatic heterocycles. The summed E-state index contributed by atoms with van der Waals surface area (Å²) in [4.78, 5) is 2.53. The van der Waals surface area contributed by atoms with Crippen LogP contribution < -0.4 is 0 Å². The van der Waals surface area contributed by atoms with Crippen LogP contribution in [0.1, 0.15) is 69.8 Å². The van der Waals surface area contributed by atoms with Crippen LogP contribution in [0.3, 0.4) is 0 Å². The molecule has 0 saturated carbocycles. The van der Waals surface area contributed by atoms with Crippen molar-refractivity contribution in [2.24, 2.45) is 5.41 Å². The van der Waals surface area contributed by atoms with E-state index in [-0.39, 0.29) is 11.0 Å². The van der Waals surface area contributed by atoms with Crippen molar-refractivity contribution >= 4 is 0 Å². The second kappa shape index (κ2) is 5.52. The summed E-state index contributed by atoms with van der Waals surface area (Å²) >= 11 is 0. The van der Waals surface area contributed by atoms with Gasteiger partial charge in [-0.2, -0.15) is 0 Å². The first-order valence-corrected chi connectivity index (χ1v) is 7.66. The second-order valence-electron chi connectivity index (χ2n) is 8.36. The third-order valence-electron chi connectivity index (χ3n) is 4.28. The minimum atomic E-state index is 0.154. The lowest BCUT2D eigenvalue weighted by molar-refractivity contribution is 0.0462. The molecule has 114 valence electrons. The molecule has 1 heteroatoms. The molecule has 0 aliphatic carbocycles. The van der Waals surface area contributed by atoms with Crippen LogP contribution in [0.4, 0.5) is 0 Å². The average Bonchev–Trinajstić information content (AvgIpc) is 2.18. The van der Waals surface area contributed by atoms with Crippen LogP contribution in [-0.2, 0) is 0 Å². The summed E-state index contributed by atoms with van der Waals surface area (Å²) in [5.74, 6) is 0. The average molecular weight is 275 g/mol. The Morgan fingerprint density at radius 1 is 0.850 bits per heavy atom. The van der Waals surface area contributed by atoms with Crippen molar-refractivity contribution in [3.63, 3.8) is 0 Å². The van der Waals surface area contributed by atoms with Gasteiger partial charge in [-0.05, 0) is 70.7 Å². The van der Waals surface area contributed by atoms with Crippen LogP contribution in [0.5, 0.6) is 0 Å². The van der Waals surface area contributed by atoms with Gasteiger partial charge in [0.05, 0.1) is 0 Å². The monoisotopic (exact) mass is 275 g/mol. The molecule has 0 fully saturated rings. The van der Waals surface area contributed by atoms with E-state index in [0.29, 0.717) is 6.04 Å². The first-order valence-electron chi connectivity index (χ1n) is 7.66. The van der Waals surface area contributed by atoms with Crippen molar-refractivity contribution in [2.45, 2.75) is 73.9 Å². The van der Waals surface area contributed by atoms with E-state index in [4.69, 9.17) is 0 Å². The number of hydrogen-bond acceptors (Lipinski definition) is 1. The summed E-state index contributed by atoms with van der Waals surface area (Å²) in [5, 5.41) is 0. The zero-order valence-corrected chi connectivity index (χ0v) is 15.2. The quantitative estimate of drug-likeness (QED) is 0.695. The van der Waals surface area contributed by atoms with Gasteiger partial charge in [-0.1, -0.05) is 38.5 Å². The molecule has 1 nitrogen and oxygen atoms in total. The summed E-state index contributed by atoms with van der Waals surface area (Å²) in [7, 11) is 2.26. The van der Waals surface area contributed by atoms with Gasteiger partial charge < -0.3 is 0 Å². The van der Waals surface area contributed by atoms with E-state index in [1.165, 1.54) is 22.3 Å². The molecule has 1 atom stereocenters. The topological polar surface area (TPSA) is 3.24 Å². The van der Waals surface area contributed by atoms with E-state index in [9.17, 15) is 0 Å². The molecule has 0 bridgehead atoms. The lowest BCUT2D eigenvalue weighted by Crippen LogP contribution is -2.46. The highest BCUT2D eigenvalue weighted by Gasteiger charge is 2.36. The molecule has 0 saturated heterocycles. The molecule has 1 unspecified atom stereocenters. The van der Waals surface area contributed by atoms with Gasteiger partial charge >= 0.3 is 0 Å². The normalized spacial score (nSPS) is 14.8. The molecule has 0 heterocycles. The maximum atomic E-state index is 2.53. The fourth-order valence-electron chi connectivity index (χ4n) is 3.22. The zero-order chi connectivity index (χ0) is 15.9. The minimum Gasteiger partial charge on any atom is -0.294 e. The second-order valence-corrected chi connectivity index (χ2v) is 8.36. The fraction of sp³-hybridized carbons (Fsp3) is 0.684. The van der Waals surface area contributed by atoms with Crippen molar-refractivity contribution in [1.82, 2.24) is 4.90 Å². The van der Waals surface area contributed by atoms with E-state index in [2.05, 4.69) is 86.4 Å². The smallest absolute Gasteiger partial charge is 0.0403 e. The summed E-state index contributed by atoms with van der Waals surface area (Å²) in [6.45, 7) is 20.6. The predicted molar refractivity (Wildman–Crippen MR) is 90.4 cm³/mol. The van der Waals surface area contributed by atoms with Crippen LogP contribution >= 0.6 is 0 Å². The third-order valence-corrected chi connectivity index (χ3v) is 4.28. The van der Waals surface area contributed by atoms with Crippen molar-refractivity contribution in [3.05, 3.63) is 34.4 Å². The number of benzene rings is 1. The minimum absolute atomic E-state index is 0.154. The maximum Gasteiger partial charge on any atom is 0.0403 e. The molecule has 0 N–H and O–H groups in total. The van der Waals surface area contributed by atoms with E-state index in [0.717, 1.165) is 0 Å². The predicted octanol–water partition coefficient (Wildman–Crippen LogP) is 5.43. The van der Waals surface area contributed by atoms with Crippen molar-refractivity contribution in [3.8, 4) is 0 Å². The highest BCUT2D eigenvalue weighted by atomic mass is 15.2.